The maximum atomic E-state index is 8.56. The Hall–Kier alpha value is -0.540. The van der Waals surface area contributed by atoms with E-state index >= 15 is 0 Å². The van der Waals surface area contributed by atoms with Crippen LogP contribution >= 0.6 is 0 Å². The quantitative estimate of drug-likeness (QED) is 0.520. The van der Waals surface area contributed by atoms with Crippen molar-refractivity contribution in [3.8, 4) is 0 Å². The van der Waals surface area contributed by atoms with Crippen LogP contribution in [0.4, 0.5) is 0 Å². The molecule has 0 radical (unpaired) electrons. The second-order valence-electron chi connectivity index (χ2n) is 2.87. The summed E-state index contributed by atoms with van der Waals surface area (Å²) in [6, 6.07) is 0. The van der Waals surface area contributed by atoms with Crippen LogP contribution in [0.15, 0.2) is 11.8 Å². The van der Waals surface area contributed by atoms with Crippen molar-refractivity contribution in [2.75, 3.05) is 6.61 Å². The summed E-state index contributed by atoms with van der Waals surface area (Å²) >= 11 is 0. The van der Waals surface area contributed by atoms with Crippen molar-refractivity contribution < 1.29 is 5.11 Å². The highest BCUT2D eigenvalue weighted by Crippen LogP contribution is 2.07. The molecule has 10 heavy (non-hydrogen) atoms. The number of nitrogens with two attached hydrogens (primary N) is 2. The Labute approximate surface area is 61.7 Å². The first-order chi connectivity index (χ1) is 4.48. The molecule has 0 aromatic rings. The second kappa shape index (κ2) is 3.58. The normalized spacial score (nSPS) is 18.6. The molecule has 60 valence electrons. The average molecular weight is 144 g/mol. The standard InChI is InChI=1S/C7H16N2O/c1-6(8)5-7(2,9)3-4-10/h5,10H,3-4,8-9H2,1-2H3/b6-5+. The van der Waals surface area contributed by atoms with Gasteiger partial charge in [0.1, 0.15) is 0 Å². The van der Waals surface area contributed by atoms with Crippen LogP contribution in [-0.2, 0) is 0 Å². The molecule has 0 heterocycles. The predicted molar refractivity (Wildman–Crippen MR) is 42.2 cm³/mol. The van der Waals surface area contributed by atoms with E-state index < -0.39 is 5.54 Å². The van der Waals surface area contributed by atoms with Gasteiger partial charge in [-0.1, -0.05) is 0 Å². The lowest BCUT2D eigenvalue weighted by Gasteiger charge is -2.18. The van der Waals surface area contributed by atoms with E-state index in [1.807, 2.05) is 6.92 Å². The van der Waals surface area contributed by atoms with Crippen molar-refractivity contribution >= 4 is 0 Å². The lowest BCUT2D eigenvalue weighted by molar-refractivity contribution is 0.262. The predicted octanol–water partition coefficient (Wildman–Crippen LogP) is -0.0513. The van der Waals surface area contributed by atoms with Gasteiger partial charge in [0.2, 0.25) is 0 Å². The molecule has 0 rings (SSSR count). The van der Waals surface area contributed by atoms with Crippen LogP contribution in [0, 0.1) is 0 Å². The van der Waals surface area contributed by atoms with Gasteiger partial charge in [-0.2, -0.15) is 0 Å². The largest absolute Gasteiger partial charge is 0.402 e. The third kappa shape index (κ3) is 4.35. The Bertz CT molecular complexity index is 126. The zero-order chi connectivity index (χ0) is 8.20. The Morgan fingerprint density at radius 3 is 2.50 bits per heavy atom. The molecule has 0 aromatic carbocycles. The number of aliphatic hydroxyl groups is 1. The second-order valence-corrected chi connectivity index (χ2v) is 2.87. The summed E-state index contributed by atoms with van der Waals surface area (Å²) in [5.41, 5.74) is 11.3. The molecule has 0 saturated heterocycles. The van der Waals surface area contributed by atoms with E-state index in [0.717, 1.165) is 0 Å². The SMILES string of the molecule is C/C(N)=C\C(C)(N)CCO. The van der Waals surface area contributed by atoms with Gasteiger partial charge >= 0.3 is 0 Å². The molecule has 0 aliphatic rings. The van der Waals surface area contributed by atoms with E-state index in [0.29, 0.717) is 12.1 Å². The number of hydrogen-bond acceptors (Lipinski definition) is 3. The maximum Gasteiger partial charge on any atom is 0.0451 e. The number of rotatable bonds is 3. The molecule has 0 amide bonds. The van der Waals surface area contributed by atoms with Crippen molar-refractivity contribution in [2.24, 2.45) is 11.5 Å². The molecule has 0 aromatic heterocycles. The highest BCUT2D eigenvalue weighted by Gasteiger charge is 2.13. The fourth-order valence-electron chi connectivity index (χ4n) is 0.833. The summed E-state index contributed by atoms with van der Waals surface area (Å²) in [4.78, 5) is 0. The molecule has 0 aliphatic heterocycles. The van der Waals surface area contributed by atoms with Gasteiger partial charge in [0.15, 0.2) is 0 Å². The summed E-state index contributed by atoms with van der Waals surface area (Å²) in [7, 11) is 0. The Morgan fingerprint density at radius 1 is 1.70 bits per heavy atom. The molecule has 3 nitrogen and oxygen atoms in total. The fraction of sp³-hybridized carbons (Fsp3) is 0.714. The molecule has 3 heteroatoms. The van der Waals surface area contributed by atoms with Crippen LogP contribution in [0.3, 0.4) is 0 Å². The molecular weight excluding hydrogens is 128 g/mol. The average Bonchev–Trinajstić information content (AvgIpc) is 1.59. The minimum absolute atomic E-state index is 0.0940. The first kappa shape index (κ1) is 9.46. The molecule has 0 bridgehead atoms. The van der Waals surface area contributed by atoms with E-state index in [1.54, 1.807) is 13.0 Å². The maximum absolute atomic E-state index is 8.56. The molecule has 0 spiro atoms. The van der Waals surface area contributed by atoms with Crippen LogP contribution in [0.5, 0.6) is 0 Å². The van der Waals surface area contributed by atoms with Gasteiger partial charge in [0, 0.05) is 17.8 Å². The van der Waals surface area contributed by atoms with Gasteiger partial charge in [-0.25, -0.2) is 0 Å². The smallest absolute Gasteiger partial charge is 0.0451 e. The van der Waals surface area contributed by atoms with E-state index in [9.17, 15) is 0 Å². The summed E-state index contributed by atoms with van der Waals surface area (Å²) < 4.78 is 0. The minimum atomic E-state index is -0.465. The third-order valence-electron chi connectivity index (χ3n) is 1.21. The molecule has 1 unspecified atom stereocenters. The third-order valence-corrected chi connectivity index (χ3v) is 1.21. The van der Waals surface area contributed by atoms with Crippen LogP contribution in [-0.4, -0.2) is 17.3 Å². The Kier molecular flexibility index (Phi) is 3.39. The van der Waals surface area contributed by atoms with Crippen LogP contribution in [0.25, 0.3) is 0 Å². The van der Waals surface area contributed by atoms with Crippen LogP contribution < -0.4 is 11.5 Å². The van der Waals surface area contributed by atoms with E-state index in [2.05, 4.69) is 0 Å². The first-order valence-electron chi connectivity index (χ1n) is 3.32. The van der Waals surface area contributed by atoms with Crippen molar-refractivity contribution in [2.45, 2.75) is 25.8 Å². The summed E-state index contributed by atoms with van der Waals surface area (Å²) in [5.74, 6) is 0. The molecule has 0 saturated carbocycles. The molecule has 0 fully saturated rings. The number of aliphatic hydroxyl groups excluding tert-OH is 1. The Balaban J connectivity index is 3.98. The fourth-order valence-corrected chi connectivity index (χ4v) is 0.833. The van der Waals surface area contributed by atoms with Gasteiger partial charge < -0.3 is 16.6 Å². The summed E-state index contributed by atoms with van der Waals surface area (Å²) in [6.07, 6.45) is 2.30. The topological polar surface area (TPSA) is 72.3 Å². The Morgan fingerprint density at radius 2 is 2.20 bits per heavy atom. The van der Waals surface area contributed by atoms with Crippen molar-refractivity contribution in [3.05, 3.63) is 11.8 Å². The van der Waals surface area contributed by atoms with Crippen LogP contribution in [0.1, 0.15) is 20.3 Å². The van der Waals surface area contributed by atoms with Gasteiger partial charge in [-0.15, -0.1) is 0 Å². The van der Waals surface area contributed by atoms with Gasteiger partial charge in [0.25, 0.3) is 0 Å². The lowest BCUT2D eigenvalue weighted by Crippen LogP contribution is -2.35. The van der Waals surface area contributed by atoms with Gasteiger partial charge in [-0.05, 0) is 26.3 Å². The van der Waals surface area contributed by atoms with Gasteiger partial charge in [0.05, 0.1) is 0 Å². The number of hydrogen-bond donors (Lipinski definition) is 3. The highest BCUT2D eigenvalue weighted by molar-refractivity contribution is 5.06. The zero-order valence-corrected chi connectivity index (χ0v) is 6.59. The zero-order valence-electron chi connectivity index (χ0n) is 6.59. The van der Waals surface area contributed by atoms with Gasteiger partial charge in [-0.3, -0.25) is 0 Å². The van der Waals surface area contributed by atoms with Crippen molar-refractivity contribution in [3.63, 3.8) is 0 Å². The van der Waals surface area contributed by atoms with Crippen molar-refractivity contribution in [1.82, 2.24) is 0 Å². The molecule has 0 aliphatic carbocycles. The highest BCUT2D eigenvalue weighted by atomic mass is 16.3. The summed E-state index contributed by atoms with van der Waals surface area (Å²) in [6.45, 7) is 3.71. The number of allylic oxidation sites excluding steroid dienone is 1. The summed E-state index contributed by atoms with van der Waals surface area (Å²) in [5, 5.41) is 8.56. The van der Waals surface area contributed by atoms with E-state index in [4.69, 9.17) is 16.6 Å². The molecule has 5 N–H and O–H groups in total. The molecular formula is C7H16N2O. The lowest BCUT2D eigenvalue weighted by atomic mass is 9.99. The molecule has 1 atom stereocenters. The van der Waals surface area contributed by atoms with Crippen molar-refractivity contribution in [1.29, 1.82) is 0 Å². The van der Waals surface area contributed by atoms with E-state index in [1.165, 1.54) is 0 Å². The van der Waals surface area contributed by atoms with E-state index in [-0.39, 0.29) is 6.61 Å². The minimum Gasteiger partial charge on any atom is -0.402 e. The van der Waals surface area contributed by atoms with Crippen LogP contribution in [0.2, 0.25) is 0 Å². The monoisotopic (exact) mass is 144 g/mol. The first-order valence-corrected chi connectivity index (χ1v) is 3.32.